The molecule has 0 aliphatic rings. The average Bonchev–Trinajstić information content (AvgIpc) is 2.87. The van der Waals surface area contributed by atoms with E-state index >= 15 is 0 Å². The molecule has 0 fully saturated rings. The van der Waals surface area contributed by atoms with E-state index in [1.165, 1.54) is 5.56 Å². The van der Waals surface area contributed by atoms with Crippen LogP contribution in [0.25, 0.3) is 10.6 Å². The molecule has 0 saturated carbocycles. The van der Waals surface area contributed by atoms with Gasteiger partial charge in [0.25, 0.3) is 0 Å². The van der Waals surface area contributed by atoms with Crippen LogP contribution in [0.15, 0.2) is 23.6 Å². The van der Waals surface area contributed by atoms with Crippen molar-refractivity contribution in [3.8, 4) is 16.3 Å². The van der Waals surface area contributed by atoms with Gasteiger partial charge in [0.15, 0.2) is 0 Å². The first-order valence-electron chi connectivity index (χ1n) is 5.93. The van der Waals surface area contributed by atoms with Crippen LogP contribution in [0.2, 0.25) is 0 Å². The second-order valence-corrected chi connectivity index (χ2v) is 5.15. The van der Waals surface area contributed by atoms with Crippen LogP contribution in [0.1, 0.15) is 24.2 Å². The largest absolute Gasteiger partial charge is 0.496 e. The van der Waals surface area contributed by atoms with Crippen LogP contribution >= 0.6 is 11.3 Å². The number of thiazole rings is 1. The Morgan fingerprint density at radius 3 is 2.83 bits per heavy atom. The Hall–Kier alpha value is -1.39. The Morgan fingerprint density at radius 1 is 1.39 bits per heavy atom. The number of methoxy groups -OCH3 is 1. The summed E-state index contributed by atoms with van der Waals surface area (Å²) in [7, 11) is 3.64. The molecule has 0 spiro atoms. The van der Waals surface area contributed by atoms with E-state index < -0.39 is 0 Å². The molecule has 96 valence electrons. The average molecular weight is 262 g/mol. The maximum absolute atomic E-state index is 5.43. The molecule has 0 amide bonds. The minimum absolute atomic E-state index is 0.270. The lowest BCUT2D eigenvalue weighted by Crippen LogP contribution is -2.12. The quantitative estimate of drug-likeness (QED) is 0.917. The molecule has 3 nitrogen and oxygen atoms in total. The third-order valence-corrected chi connectivity index (χ3v) is 3.88. The maximum Gasteiger partial charge on any atom is 0.129 e. The molecule has 1 aromatic carbocycles. The predicted octanol–water partition coefficient (Wildman–Crippen LogP) is 3.41. The van der Waals surface area contributed by atoms with E-state index in [9.17, 15) is 0 Å². The molecule has 0 aliphatic heterocycles. The molecule has 4 heteroatoms. The lowest BCUT2D eigenvalue weighted by Gasteiger charge is -2.07. The molecule has 0 radical (unpaired) electrons. The first-order valence-corrected chi connectivity index (χ1v) is 6.81. The standard InChI is InChI=1S/C14H18N2OS/c1-9-5-6-11(13(7-9)17-4)14-16-12(8-18-14)10(2)15-3/h5-8,10,15H,1-4H3. The van der Waals surface area contributed by atoms with Crippen LogP contribution in [0, 0.1) is 6.92 Å². The summed E-state index contributed by atoms with van der Waals surface area (Å²) in [6.45, 7) is 4.16. The highest BCUT2D eigenvalue weighted by atomic mass is 32.1. The minimum atomic E-state index is 0.270. The number of aryl methyl sites for hydroxylation is 1. The maximum atomic E-state index is 5.43. The molecule has 1 unspecified atom stereocenters. The van der Waals surface area contributed by atoms with Gasteiger partial charge in [-0.2, -0.15) is 0 Å². The summed E-state index contributed by atoms with van der Waals surface area (Å²) in [5.41, 5.74) is 3.32. The fraction of sp³-hybridized carbons (Fsp3) is 0.357. The summed E-state index contributed by atoms with van der Waals surface area (Å²) in [5.74, 6) is 0.882. The monoisotopic (exact) mass is 262 g/mol. The molecule has 1 N–H and O–H groups in total. The Kier molecular flexibility index (Phi) is 3.99. The van der Waals surface area contributed by atoms with E-state index in [0.717, 1.165) is 22.0 Å². The fourth-order valence-electron chi connectivity index (χ4n) is 1.73. The molecule has 0 saturated heterocycles. The van der Waals surface area contributed by atoms with Gasteiger partial charge in [-0.15, -0.1) is 11.3 Å². The third-order valence-electron chi connectivity index (χ3n) is 2.99. The second-order valence-electron chi connectivity index (χ2n) is 4.29. The summed E-state index contributed by atoms with van der Waals surface area (Å²) in [4.78, 5) is 4.67. The van der Waals surface area contributed by atoms with Gasteiger partial charge in [0.2, 0.25) is 0 Å². The number of benzene rings is 1. The first-order chi connectivity index (χ1) is 8.65. The smallest absolute Gasteiger partial charge is 0.129 e. The second kappa shape index (κ2) is 5.50. The summed E-state index contributed by atoms with van der Waals surface area (Å²) in [6.07, 6.45) is 0. The highest BCUT2D eigenvalue weighted by Crippen LogP contribution is 2.33. The third kappa shape index (κ3) is 2.54. The highest BCUT2D eigenvalue weighted by Gasteiger charge is 2.12. The van der Waals surface area contributed by atoms with Gasteiger partial charge in [-0.3, -0.25) is 0 Å². The molecule has 18 heavy (non-hydrogen) atoms. The molecule has 0 aliphatic carbocycles. The molecule has 2 aromatic rings. The van der Waals surface area contributed by atoms with Gasteiger partial charge in [-0.05, 0) is 38.6 Å². The van der Waals surface area contributed by atoms with Gasteiger partial charge in [-0.25, -0.2) is 4.98 Å². The summed E-state index contributed by atoms with van der Waals surface area (Å²) >= 11 is 1.65. The summed E-state index contributed by atoms with van der Waals surface area (Å²) in [5, 5.41) is 6.29. The SMILES string of the molecule is CNC(C)c1csc(-c2ccc(C)cc2OC)n1. The molecule has 1 aromatic heterocycles. The number of nitrogens with zero attached hydrogens (tertiary/aromatic N) is 1. The van der Waals surface area contributed by atoms with Crippen LogP contribution in [-0.4, -0.2) is 19.1 Å². The van der Waals surface area contributed by atoms with Gasteiger partial charge >= 0.3 is 0 Å². The zero-order chi connectivity index (χ0) is 13.1. The number of ether oxygens (including phenoxy) is 1. The molecular weight excluding hydrogens is 244 g/mol. The highest BCUT2D eigenvalue weighted by molar-refractivity contribution is 7.13. The van der Waals surface area contributed by atoms with E-state index in [1.807, 2.05) is 13.1 Å². The van der Waals surface area contributed by atoms with Gasteiger partial charge in [0.05, 0.1) is 18.4 Å². The Morgan fingerprint density at radius 2 is 2.17 bits per heavy atom. The number of hydrogen-bond donors (Lipinski definition) is 1. The van der Waals surface area contributed by atoms with Crippen molar-refractivity contribution >= 4 is 11.3 Å². The number of hydrogen-bond acceptors (Lipinski definition) is 4. The molecule has 1 heterocycles. The van der Waals surface area contributed by atoms with E-state index in [-0.39, 0.29) is 6.04 Å². The Bertz CT molecular complexity index is 536. The Balaban J connectivity index is 2.39. The van der Waals surface area contributed by atoms with Crippen molar-refractivity contribution in [2.75, 3.05) is 14.2 Å². The van der Waals surface area contributed by atoms with E-state index in [4.69, 9.17) is 4.74 Å². The van der Waals surface area contributed by atoms with Gasteiger partial charge in [-0.1, -0.05) is 6.07 Å². The normalized spacial score (nSPS) is 12.4. The van der Waals surface area contributed by atoms with E-state index in [1.54, 1.807) is 18.4 Å². The van der Waals surface area contributed by atoms with Crippen LogP contribution in [0.5, 0.6) is 5.75 Å². The van der Waals surface area contributed by atoms with Crippen molar-refractivity contribution in [1.82, 2.24) is 10.3 Å². The number of nitrogens with one attached hydrogen (secondary N) is 1. The Labute approximate surface area is 112 Å². The van der Waals surface area contributed by atoms with Crippen LogP contribution < -0.4 is 10.1 Å². The molecule has 1 atom stereocenters. The first kappa shape index (κ1) is 13.1. The minimum Gasteiger partial charge on any atom is -0.496 e. The fourth-order valence-corrected chi connectivity index (χ4v) is 2.67. The number of rotatable bonds is 4. The zero-order valence-corrected chi connectivity index (χ0v) is 12.0. The van der Waals surface area contributed by atoms with Crippen molar-refractivity contribution < 1.29 is 4.74 Å². The van der Waals surface area contributed by atoms with Crippen molar-refractivity contribution in [3.63, 3.8) is 0 Å². The van der Waals surface area contributed by atoms with Crippen LogP contribution in [0.4, 0.5) is 0 Å². The molecule has 2 rings (SSSR count). The van der Waals surface area contributed by atoms with Crippen molar-refractivity contribution in [3.05, 3.63) is 34.8 Å². The lowest BCUT2D eigenvalue weighted by molar-refractivity contribution is 0.416. The van der Waals surface area contributed by atoms with Gasteiger partial charge in [0.1, 0.15) is 10.8 Å². The van der Waals surface area contributed by atoms with Crippen molar-refractivity contribution in [1.29, 1.82) is 0 Å². The van der Waals surface area contributed by atoms with Crippen molar-refractivity contribution in [2.45, 2.75) is 19.9 Å². The van der Waals surface area contributed by atoms with Crippen LogP contribution in [-0.2, 0) is 0 Å². The van der Waals surface area contributed by atoms with Crippen molar-refractivity contribution in [2.24, 2.45) is 0 Å². The summed E-state index contributed by atoms with van der Waals surface area (Å²) in [6, 6.07) is 6.46. The van der Waals surface area contributed by atoms with E-state index in [2.05, 4.69) is 41.7 Å². The van der Waals surface area contributed by atoms with E-state index in [0.29, 0.717) is 0 Å². The predicted molar refractivity (Wildman–Crippen MR) is 76.3 cm³/mol. The molecular formula is C14H18N2OS. The van der Waals surface area contributed by atoms with Crippen LogP contribution in [0.3, 0.4) is 0 Å². The molecule has 0 bridgehead atoms. The van der Waals surface area contributed by atoms with Gasteiger partial charge < -0.3 is 10.1 Å². The number of aromatic nitrogens is 1. The lowest BCUT2D eigenvalue weighted by atomic mass is 10.1. The van der Waals surface area contributed by atoms with Gasteiger partial charge in [0, 0.05) is 11.4 Å². The summed E-state index contributed by atoms with van der Waals surface area (Å²) < 4.78 is 5.43. The zero-order valence-electron chi connectivity index (χ0n) is 11.2. The topological polar surface area (TPSA) is 34.1 Å².